The summed E-state index contributed by atoms with van der Waals surface area (Å²) in [4.78, 5) is 16.6. The van der Waals surface area contributed by atoms with Crippen molar-refractivity contribution in [2.24, 2.45) is 0 Å². The predicted molar refractivity (Wildman–Crippen MR) is 125 cm³/mol. The number of carbonyl (C=O) groups excluding carboxylic acids is 1. The predicted octanol–water partition coefficient (Wildman–Crippen LogP) is 4.27. The monoisotopic (exact) mass is 463 g/mol. The van der Waals surface area contributed by atoms with Gasteiger partial charge in [0.05, 0.1) is 10.6 Å². The van der Waals surface area contributed by atoms with E-state index >= 15 is 0 Å². The van der Waals surface area contributed by atoms with Gasteiger partial charge in [0.25, 0.3) is 0 Å². The second-order valence-corrected chi connectivity index (χ2v) is 10.7. The smallest absolute Gasteiger partial charge is 0.413 e. The van der Waals surface area contributed by atoms with Crippen molar-refractivity contribution < 1.29 is 23.1 Å². The summed E-state index contributed by atoms with van der Waals surface area (Å²) in [7, 11) is -3.44. The van der Waals surface area contributed by atoms with Gasteiger partial charge in [-0.1, -0.05) is 18.2 Å². The Kier molecular flexibility index (Phi) is 8.77. The van der Waals surface area contributed by atoms with E-state index in [0.717, 1.165) is 18.4 Å². The van der Waals surface area contributed by atoms with Gasteiger partial charge in [0.15, 0.2) is 0 Å². The molecular weight excluding hydrogens is 430 g/mol. The number of nitrogens with one attached hydrogen (secondary N) is 1. The Bertz CT molecular complexity index is 990. The van der Waals surface area contributed by atoms with Crippen molar-refractivity contribution in [3.8, 4) is 11.3 Å². The van der Waals surface area contributed by atoms with Crippen molar-refractivity contribution in [1.29, 1.82) is 0 Å². The van der Waals surface area contributed by atoms with Crippen LogP contribution >= 0.6 is 0 Å². The summed E-state index contributed by atoms with van der Waals surface area (Å²) in [5.74, 6) is 0.362. The Balaban J connectivity index is 0.000000837. The van der Waals surface area contributed by atoms with Crippen molar-refractivity contribution in [2.45, 2.75) is 64.1 Å². The van der Waals surface area contributed by atoms with Crippen LogP contribution in [0.5, 0.6) is 0 Å². The van der Waals surface area contributed by atoms with Gasteiger partial charge in [-0.05, 0) is 71.7 Å². The minimum absolute atomic E-state index is 0.167. The van der Waals surface area contributed by atoms with Crippen LogP contribution in [0, 0.1) is 0 Å². The van der Waals surface area contributed by atoms with Gasteiger partial charge in [0.1, 0.15) is 11.4 Å². The van der Waals surface area contributed by atoms with Crippen LogP contribution in [0.2, 0.25) is 0 Å². The van der Waals surface area contributed by atoms with Crippen LogP contribution in [0.3, 0.4) is 0 Å². The van der Waals surface area contributed by atoms with Crippen molar-refractivity contribution in [3.05, 3.63) is 42.5 Å². The average Bonchev–Trinajstić information content (AvgIpc) is 3.22. The Hall–Kier alpha value is -2.49. The summed E-state index contributed by atoms with van der Waals surface area (Å²) in [5, 5.41) is 10.7. The van der Waals surface area contributed by atoms with Crippen molar-refractivity contribution in [3.63, 3.8) is 0 Å². The molecule has 0 saturated carbocycles. The van der Waals surface area contributed by atoms with E-state index in [9.17, 15) is 13.2 Å². The molecule has 176 valence electrons. The molecule has 1 fully saturated rings. The number of ether oxygens (including phenoxy) is 1. The molecule has 2 aromatic rings. The van der Waals surface area contributed by atoms with Gasteiger partial charge >= 0.3 is 6.09 Å². The Labute approximate surface area is 190 Å². The highest BCUT2D eigenvalue weighted by Crippen LogP contribution is 2.25. The number of amides is 1. The van der Waals surface area contributed by atoms with Crippen molar-refractivity contribution >= 4 is 21.9 Å². The van der Waals surface area contributed by atoms with Gasteiger partial charge in [-0.25, -0.2) is 18.2 Å². The fraction of sp³-hybridized carbons (Fsp3) is 0.478. The minimum Gasteiger partial charge on any atom is -0.444 e. The highest BCUT2D eigenvalue weighted by Gasteiger charge is 2.27. The fourth-order valence-electron chi connectivity index (χ4n) is 2.95. The molecule has 0 radical (unpaired) electrons. The zero-order valence-corrected chi connectivity index (χ0v) is 20.1. The van der Waals surface area contributed by atoms with Crippen LogP contribution in [0.1, 0.15) is 47.5 Å². The lowest BCUT2D eigenvalue weighted by Crippen LogP contribution is -2.27. The van der Waals surface area contributed by atoms with Crippen LogP contribution in [0.4, 0.5) is 10.6 Å². The zero-order valence-electron chi connectivity index (χ0n) is 19.3. The molecule has 2 N–H and O–H groups in total. The molecule has 1 saturated heterocycles. The summed E-state index contributed by atoms with van der Waals surface area (Å²) < 4.78 is 32.0. The molecule has 0 unspecified atom stereocenters. The summed E-state index contributed by atoms with van der Waals surface area (Å²) in [6.45, 7) is 9.95. The highest BCUT2D eigenvalue weighted by molar-refractivity contribution is 7.89. The molecular formula is C23H33N3O5S. The number of aromatic nitrogens is 1. The molecule has 1 aliphatic rings. The van der Waals surface area contributed by atoms with E-state index in [4.69, 9.17) is 9.84 Å². The van der Waals surface area contributed by atoms with Gasteiger partial charge in [-0.3, -0.25) is 5.32 Å². The fourth-order valence-corrected chi connectivity index (χ4v) is 4.47. The van der Waals surface area contributed by atoms with E-state index in [1.54, 1.807) is 77.1 Å². The minimum atomic E-state index is -3.44. The summed E-state index contributed by atoms with van der Waals surface area (Å²) in [5.41, 5.74) is 0.783. The lowest BCUT2D eigenvalue weighted by Gasteiger charge is -2.19. The SMILES string of the molecule is CC(C)(C)OC(=O)Nc1cccc(-c2ccc(S(=O)(=O)N3CCCC3)cc2)n1.CC(C)O. The third kappa shape index (κ3) is 7.89. The number of sulfonamides is 1. The number of pyridine rings is 1. The third-order valence-corrected chi connectivity index (χ3v) is 6.14. The molecule has 9 heteroatoms. The molecule has 1 aromatic carbocycles. The van der Waals surface area contributed by atoms with Gasteiger partial charge in [-0.15, -0.1) is 0 Å². The maximum Gasteiger partial charge on any atom is 0.413 e. The number of hydrogen-bond donors (Lipinski definition) is 2. The largest absolute Gasteiger partial charge is 0.444 e. The number of anilines is 1. The first-order valence-electron chi connectivity index (χ1n) is 10.6. The highest BCUT2D eigenvalue weighted by atomic mass is 32.2. The molecule has 3 rings (SSSR count). The zero-order chi connectivity index (χ0) is 23.9. The number of nitrogens with zero attached hydrogens (tertiary/aromatic N) is 2. The number of aliphatic hydroxyl groups excluding tert-OH is 1. The quantitative estimate of drug-likeness (QED) is 0.701. The molecule has 0 atom stereocenters. The normalized spacial score (nSPS) is 14.6. The maximum atomic E-state index is 12.6. The van der Waals surface area contributed by atoms with Crippen molar-refractivity contribution in [2.75, 3.05) is 18.4 Å². The number of benzene rings is 1. The van der Waals surface area contributed by atoms with Crippen LogP contribution in [-0.2, 0) is 14.8 Å². The summed E-state index contributed by atoms with van der Waals surface area (Å²) in [6, 6.07) is 11.9. The topological polar surface area (TPSA) is 109 Å². The second kappa shape index (κ2) is 10.9. The number of rotatable bonds is 4. The van der Waals surface area contributed by atoms with E-state index in [2.05, 4.69) is 10.3 Å². The van der Waals surface area contributed by atoms with Gasteiger partial charge in [0.2, 0.25) is 10.0 Å². The lowest BCUT2D eigenvalue weighted by atomic mass is 10.1. The molecule has 32 heavy (non-hydrogen) atoms. The first kappa shape index (κ1) is 25.8. The van der Waals surface area contributed by atoms with E-state index < -0.39 is 21.7 Å². The Morgan fingerprint density at radius 2 is 1.66 bits per heavy atom. The summed E-state index contributed by atoms with van der Waals surface area (Å²) in [6.07, 6.45) is 1.06. The molecule has 1 amide bonds. The Morgan fingerprint density at radius 1 is 1.09 bits per heavy atom. The first-order chi connectivity index (χ1) is 14.9. The Morgan fingerprint density at radius 3 is 2.19 bits per heavy atom. The molecule has 0 spiro atoms. The third-order valence-electron chi connectivity index (χ3n) is 4.23. The molecule has 1 aliphatic heterocycles. The van der Waals surface area contributed by atoms with Gasteiger partial charge in [0, 0.05) is 24.8 Å². The molecule has 8 nitrogen and oxygen atoms in total. The van der Waals surface area contributed by atoms with E-state index in [1.807, 2.05) is 0 Å². The summed E-state index contributed by atoms with van der Waals surface area (Å²) >= 11 is 0. The number of aliphatic hydroxyl groups is 1. The lowest BCUT2D eigenvalue weighted by molar-refractivity contribution is 0.0635. The van der Waals surface area contributed by atoms with Crippen LogP contribution in [0.15, 0.2) is 47.4 Å². The van der Waals surface area contributed by atoms with E-state index in [-0.39, 0.29) is 11.0 Å². The maximum absolute atomic E-state index is 12.6. The number of hydrogen-bond acceptors (Lipinski definition) is 6. The molecule has 0 aliphatic carbocycles. The van der Waals surface area contributed by atoms with Gasteiger partial charge < -0.3 is 9.84 Å². The molecule has 0 bridgehead atoms. The standard InChI is InChI=1S/C20H25N3O4S.C3H8O/c1-20(2,3)27-19(24)22-18-8-6-7-17(21-18)15-9-11-16(12-10-15)28(25,26)23-13-4-5-14-23;1-3(2)4/h6-12H,4-5,13-14H2,1-3H3,(H,21,22,24);3-4H,1-2H3. The van der Waals surface area contributed by atoms with Crippen LogP contribution < -0.4 is 5.32 Å². The molecule has 1 aromatic heterocycles. The van der Waals surface area contributed by atoms with E-state index in [0.29, 0.717) is 24.6 Å². The van der Waals surface area contributed by atoms with Gasteiger partial charge in [-0.2, -0.15) is 4.31 Å². The number of carbonyl (C=O) groups is 1. The van der Waals surface area contributed by atoms with E-state index in [1.165, 1.54) is 4.31 Å². The second-order valence-electron chi connectivity index (χ2n) is 8.76. The van der Waals surface area contributed by atoms with Crippen molar-refractivity contribution in [1.82, 2.24) is 9.29 Å². The first-order valence-corrected chi connectivity index (χ1v) is 12.1. The van der Waals surface area contributed by atoms with Crippen LogP contribution in [-0.4, -0.2) is 53.7 Å². The molecule has 2 heterocycles. The van der Waals surface area contributed by atoms with Crippen LogP contribution in [0.25, 0.3) is 11.3 Å². The average molecular weight is 464 g/mol.